The number of hydrogen-bond donors (Lipinski definition) is 1. The van der Waals surface area contributed by atoms with Crippen LogP contribution in [0, 0.1) is 5.92 Å². The van der Waals surface area contributed by atoms with Gasteiger partial charge in [0.15, 0.2) is 0 Å². The van der Waals surface area contributed by atoms with Crippen molar-refractivity contribution in [2.45, 2.75) is 51.2 Å². The number of nitrogens with one attached hydrogen (secondary N) is 1. The van der Waals surface area contributed by atoms with Gasteiger partial charge < -0.3 is 14.8 Å². The van der Waals surface area contributed by atoms with E-state index < -0.39 is 0 Å². The van der Waals surface area contributed by atoms with Gasteiger partial charge >= 0.3 is 0 Å². The van der Waals surface area contributed by atoms with E-state index in [1.807, 2.05) is 6.20 Å². The largest absolute Gasteiger partial charge is 0.379 e. The Morgan fingerprint density at radius 3 is 3.10 bits per heavy atom. The summed E-state index contributed by atoms with van der Waals surface area (Å²) in [5.74, 6) is 1.74. The van der Waals surface area contributed by atoms with Gasteiger partial charge in [-0.05, 0) is 31.6 Å². The van der Waals surface area contributed by atoms with E-state index in [9.17, 15) is 0 Å². The maximum Gasteiger partial charge on any atom is 0.132 e. The molecular formula is C16H25N3O2. The average molecular weight is 291 g/mol. The first-order valence-corrected chi connectivity index (χ1v) is 8.11. The van der Waals surface area contributed by atoms with Crippen molar-refractivity contribution < 1.29 is 9.47 Å². The predicted molar refractivity (Wildman–Crippen MR) is 81.3 cm³/mol. The number of ether oxygens (including phenoxy) is 2. The summed E-state index contributed by atoms with van der Waals surface area (Å²) in [6, 6.07) is 0.281. The smallest absolute Gasteiger partial charge is 0.132 e. The van der Waals surface area contributed by atoms with E-state index in [2.05, 4.69) is 22.2 Å². The summed E-state index contributed by atoms with van der Waals surface area (Å²) < 4.78 is 11.6. The highest BCUT2D eigenvalue weighted by molar-refractivity contribution is 5.43. The molecule has 1 aliphatic carbocycles. The lowest BCUT2D eigenvalue weighted by Crippen LogP contribution is -2.44. The predicted octanol–water partition coefficient (Wildman–Crippen LogP) is 2.43. The van der Waals surface area contributed by atoms with Crippen molar-refractivity contribution in [2.75, 3.05) is 25.1 Å². The normalized spacial score (nSPS) is 25.8. The molecule has 3 rings (SSSR count). The van der Waals surface area contributed by atoms with Crippen LogP contribution < -0.4 is 5.32 Å². The van der Waals surface area contributed by atoms with Gasteiger partial charge in [0, 0.05) is 25.0 Å². The highest BCUT2D eigenvalue weighted by Gasteiger charge is 2.30. The molecule has 5 nitrogen and oxygen atoms in total. The van der Waals surface area contributed by atoms with Crippen molar-refractivity contribution in [1.82, 2.24) is 9.97 Å². The molecule has 1 aliphatic heterocycles. The number of aromatic nitrogens is 2. The van der Waals surface area contributed by atoms with Gasteiger partial charge in [0.25, 0.3) is 0 Å². The highest BCUT2D eigenvalue weighted by Crippen LogP contribution is 2.30. The lowest BCUT2D eigenvalue weighted by Gasteiger charge is -2.32. The summed E-state index contributed by atoms with van der Waals surface area (Å²) in [6.07, 6.45) is 9.35. The van der Waals surface area contributed by atoms with Crippen LogP contribution in [0.2, 0.25) is 0 Å². The first kappa shape index (κ1) is 14.7. The molecule has 0 bridgehead atoms. The summed E-state index contributed by atoms with van der Waals surface area (Å²) in [6.45, 7) is 4.51. The van der Waals surface area contributed by atoms with Crippen LogP contribution in [0.3, 0.4) is 0 Å². The Bertz CT molecular complexity index is 451. The Morgan fingerprint density at radius 2 is 2.29 bits per heavy atom. The molecule has 1 saturated heterocycles. The first-order chi connectivity index (χ1) is 10.4. The zero-order valence-electron chi connectivity index (χ0n) is 12.8. The molecule has 116 valence electrons. The molecular weight excluding hydrogens is 266 g/mol. The van der Waals surface area contributed by atoms with E-state index >= 15 is 0 Å². The van der Waals surface area contributed by atoms with Gasteiger partial charge in [-0.1, -0.05) is 13.3 Å². The van der Waals surface area contributed by atoms with Crippen molar-refractivity contribution >= 4 is 5.82 Å². The number of aryl methyl sites for hydroxylation is 1. The molecule has 2 fully saturated rings. The fourth-order valence-electron chi connectivity index (χ4n) is 2.70. The zero-order chi connectivity index (χ0) is 14.5. The zero-order valence-corrected chi connectivity index (χ0v) is 12.8. The van der Waals surface area contributed by atoms with E-state index in [1.165, 1.54) is 18.4 Å². The van der Waals surface area contributed by atoms with Crippen LogP contribution in [0.25, 0.3) is 0 Å². The maximum absolute atomic E-state index is 6.06. The molecule has 1 aromatic heterocycles. The molecule has 2 atom stereocenters. The lowest BCUT2D eigenvalue weighted by molar-refractivity contribution is -0.0598. The standard InChI is InChI=1S/C16H25N3O2/c1-2-3-13-8-17-11-18-16(13)19-14-6-7-20-10-15(14)21-9-12-4-5-12/h8,11-12,14-15H,2-7,9-10H2,1H3,(H,17,18,19)/t14-,15-/m1/s1. The van der Waals surface area contributed by atoms with Crippen LogP contribution >= 0.6 is 0 Å². The quantitative estimate of drug-likeness (QED) is 0.836. The molecule has 0 spiro atoms. The van der Waals surface area contributed by atoms with E-state index in [4.69, 9.17) is 9.47 Å². The molecule has 2 heterocycles. The molecule has 0 amide bonds. The molecule has 1 saturated carbocycles. The second-order valence-electron chi connectivity index (χ2n) is 6.08. The third-order valence-corrected chi connectivity index (χ3v) is 4.18. The number of anilines is 1. The molecule has 0 unspecified atom stereocenters. The fourth-order valence-corrected chi connectivity index (χ4v) is 2.70. The van der Waals surface area contributed by atoms with E-state index in [0.717, 1.165) is 44.2 Å². The van der Waals surface area contributed by atoms with Crippen LogP contribution in [0.15, 0.2) is 12.5 Å². The molecule has 5 heteroatoms. The monoisotopic (exact) mass is 291 g/mol. The number of rotatable bonds is 7. The third-order valence-electron chi connectivity index (χ3n) is 4.18. The third kappa shape index (κ3) is 4.14. The molecule has 0 aromatic carbocycles. The minimum absolute atomic E-state index is 0.129. The van der Waals surface area contributed by atoms with Gasteiger partial charge in [-0.15, -0.1) is 0 Å². The second-order valence-corrected chi connectivity index (χ2v) is 6.08. The van der Waals surface area contributed by atoms with Gasteiger partial charge in [-0.25, -0.2) is 9.97 Å². The molecule has 0 radical (unpaired) electrons. The first-order valence-electron chi connectivity index (χ1n) is 8.11. The minimum Gasteiger partial charge on any atom is -0.379 e. The van der Waals surface area contributed by atoms with Crippen molar-refractivity contribution in [2.24, 2.45) is 5.92 Å². The fraction of sp³-hybridized carbons (Fsp3) is 0.750. The summed E-state index contributed by atoms with van der Waals surface area (Å²) in [5.41, 5.74) is 1.19. The summed E-state index contributed by atoms with van der Waals surface area (Å²) in [4.78, 5) is 8.55. The Kier molecular flexibility index (Phi) is 5.04. The topological polar surface area (TPSA) is 56.3 Å². The lowest BCUT2D eigenvalue weighted by atomic mass is 10.1. The number of hydrogen-bond acceptors (Lipinski definition) is 5. The van der Waals surface area contributed by atoms with Crippen molar-refractivity contribution in [3.8, 4) is 0 Å². The van der Waals surface area contributed by atoms with Crippen LogP contribution in [-0.4, -0.2) is 41.9 Å². The van der Waals surface area contributed by atoms with Crippen LogP contribution in [0.1, 0.15) is 38.2 Å². The van der Waals surface area contributed by atoms with Crippen molar-refractivity contribution in [1.29, 1.82) is 0 Å². The number of nitrogens with zero attached hydrogens (tertiary/aromatic N) is 2. The van der Waals surface area contributed by atoms with Crippen molar-refractivity contribution in [3.63, 3.8) is 0 Å². The van der Waals surface area contributed by atoms with Crippen LogP contribution in [0.5, 0.6) is 0 Å². The maximum atomic E-state index is 6.06. The molecule has 1 N–H and O–H groups in total. The van der Waals surface area contributed by atoms with Gasteiger partial charge in [0.05, 0.1) is 12.6 Å². The van der Waals surface area contributed by atoms with Crippen LogP contribution in [0.4, 0.5) is 5.82 Å². The second kappa shape index (κ2) is 7.18. The van der Waals surface area contributed by atoms with Gasteiger partial charge in [-0.3, -0.25) is 0 Å². The van der Waals surface area contributed by atoms with Gasteiger partial charge in [0.2, 0.25) is 0 Å². The van der Waals surface area contributed by atoms with Gasteiger partial charge in [-0.2, -0.15) is 0 Å². The van der Waals surface area contributed by atoms with E-state index in [0.29, 0.717) is 6.61 Å². The molecule has 21 heavy (non-hydrogen) atoms. The Hall–Kier alpha value is -1.20. The van der Waals surface area contributed by atoms with E-state index in [1.54, 1.807) is 6.33 Å². The summed E-state index contributed by atoms with van der Waals surface area (Å²) in [7, 11) is 0. The summed E-state index contributed by atoms with van der Waals surface area (Å²) >= 11 is 0. The highest BCUT2D eigenvalue weighted by atomic mass is 16.5. The molecule has 1 aromatic rings. The van der Waals surface area contributed by atoms with Gasteiger partial charge in [0.1, 0.15) is 18.2 Å². The van der Waals surface area contributed by atoms with E-state index in [-0.39, 0.29) is 12.1 Å². The molecule has 2 aliphatic rings. The van der Waals surface area contributed by atoms with Crippen LogP contribution in [-0.2, 0) is 15.9 Å². The Balaban J connectivity index is 1.62. The Labute approximate surface area is 126 Å². The average Bonchev–Trinajstić information content (AvgIpc) is 3.33. The minimum atomic E-state index is 0.129. The Morgan fingerprint density at radius 1 is 1.38 bits per heavy atom. The SMILES string of the molecule is CCCc1cncnc1N[C@@H]1CCOC[C@H]1OCC1CC1. The summed E-state index contributed by atoms with van der Waals surface area (Å²) in [5, 5.41) is 3.57. The van der Waals surface area contributed by atoms with Crippen molar-refractivity contribution in [3.05, 3.63) is 18.1 Å².